The maximum Gasteiger partial charge on any atom is 0.384 e. The van der Waals surface area contributed by atoms with E-state index in [1.807, 2.05) is 0 Å². The van der Waals surface area contributed by atoms with E-state index in [1.54, 1.807) is 7.05 Å². The van der Waals surface area contributed by atoms with Crippen LogP contribution in [0.25, 0.3) is 0 Å². The highest BCUT2D eigenvalue weighted by Gasteiger charge is 2.17. The van der Waals surface area contributed by atoms with E-state index in [0.29, 0.717) is 17.7 Å². The van der Waals surface area contributed by atoms with Crippen molar-refractivity contribution in [2.24, 2.45) is 0 Å². The fraction of sp³-hybridized carbons (Fsp3) is 0.300. The van der Waals surface area contributed by atoms with Gasteiger partial charge in [0, 0.05) is 0 Å². The molecule has 0 aliphatic carbocycles. The zero-order chi connectivity index (χ0) is 14.3. The molecular weight excluding hydrogens is 292 g/mol. The molecule has 7 nitrogen and oxygen atoms in total. The largest absolute Gasteiger partial charge is 0.497 e. The van der Waals surface area contributed by atoms with Crippen molar-refractivity contribution in [3.8, 4) is 5.75 Å². The molecule has 0 spiro atoms. The Morgan fingerprint density at radius 3 is 2.47 bits per heavy atom. The molecule has 0 aromatic heterocycles. The van der Waals surface area contributed by atoms with Gasteiger partial charge in [0.05, 0.1) is 24.0 Å². The van der Waals surface area contributed by atoms with E-state index in [1.165, 1.54) is 31.4 Å². The highest BCUT2D eigenvalue weighted by molar-refractivity contribution is 8.11. The second kappa shape index (κ2) is 7.34. The highest BCUT2D eigenvalue weighted by atomic mass is 32.2. The van der Waals surface area contributed by atoms with Gasteiger partial charge in [-0.1, -0.05) is 0 Å². The number of hydrazine groups is 1. The molecule has 0 aliphatic rings. The van der Waals surface area contributed by atoms with Crippen LogP contribution in [0.2, 0.25) is 0 Å². The van der Waals surface area contributed by atoms with E-state index in [2.05, 4.69) is 15.0 Å². The van der Waals surface area contributed by atoms with Gasteiger partial charge in [0.25, 0.3) is 0 Å². The van der Waals surface area contributed by atoms with Crippen molar-refractivity contribution in [2.75, 3.05) is 20.1 Å². The molecule has 0 amide bonds. The smallest absolute Gasteiger partial charge is 0.384 e. The van der Waals surface area contributed by atoms with Gasteiger partial charge in [-0.05, 0) is 31.3 Å². The summed E-state index contributed by atoms with van der Waals surface area (Å²) < 4.78 is 33.2. The van der Waals surface area contributed by atoms with E-state index in [9.17, 15) is 13.2 Å². The SMILES string of the molecule is CNNSC(=O)OCS(=O)(=O)c1ccc(OC)cc1. The first-order valence-electron chi connectivity index (χ1n) is 5.12. The molecule has 0 fully saturated rings. The van der Waals surface area contributed by atoms with Crippen LogP contribution in [-0.2, 0) is 14.6 Å². The predicted molar refractivity (Wildman–Crippen MR) is 71.3 cm³/mol. The summed E-state index contributed by atoms with van der Waals surface area (Å²) in [5.74, 6) is -0.166. The van der Waals surface area contributed by atoms with Crippen molar-refractivity contribution in [1.29, 1.82) is 0 Å². The second-order valence-corrected chi connectivity index (χ2v) is 5.93. The molecule has 0 saturated carbocycles. The summed E-state index contributed by atoms with van der Waals surface area (Å²) in [5, 5.41) is -0.744. The lowest BCUT2D eigenvalue weighted by Gasteiger charge is -2.06. The van der Waals surface area contributed by atoms with Gasteiger partial charge >= 0.3 is 5.30 Å². The monoisotopic (exact) mass is 306 g/mol. The lowest BCUT2D eigenvalue weighted by molar-refractivity contribution is 0.192. The molecule has 106 valence electrons. The van der Waals surface area contributed by atoms with Crippen LogP contribution in [0.1, 0.15) is 0 Å². The van der Waals surface area contributed by atoms with Gasteiger partial charge in [-0.2, -0.15) is 4.83 Å². The Kier molecular flexibility index (Phi) is 6.09. The lowest BCUT2D eigenvalue weighted by atomic mass is 10.3. The van der Waals surface area contributed by atoms with Crippen LogP contribution in [0.4, 0.5) is 4.79 Å². The molecule has 0 saturated heterocycles. The summed E-state index contributed by atoms with van der Waals surface area (Å²) in [4.78, 5) is 13.6. The van der Waals surface area contributed by atoms with Gasteiger partial charge < -0.3 is 9.47 Å². The third-order valence-electron chi connectivity index (χ3n) is 1.99. The third kappa shape index (κ3) is 5.07. The van der Waals surface area contributed by atoms with Crippen molar-refractivity contribution < 1.29 is 22.7 Å². The fourth-order valence-corrected chi connectivity index (χ4v) is 2.43. The number of sulfone groups is 1. The van der Waals surface area contributed by atoms with Crippen LogP contribution in [0.3, 0.4) is 0 Å². The summed E-state index contributed by atoms with van der Waals surface area (Å²) in [5.41, 5.74) is 2.49. The standard InChI is InChI=1S/C10H14N2O5S2/c1-11-12-18-10(13)17-7-19(14,15)9-5-3-8(16-2)4-6-9/h3-6,11-12H,7H2,1-2H3. The Hall–Kier alpha value is -1.29. The summed E-state index contributed by atoms with van der Waals surface area (Å²) >= 11 is 0.612. The van der Waals surface area contributed by atoms with E-state index in [4.69, 9.17) is 4.74 Å². The van der Waals surface area contributed by atoms with Gasteiger partial charge in [0.2, 0.25) is 9.84 Å². The predicted octanol–water partition coefficient (Wildman–Crippen LogP) is 0.935. The van der Waals surface area contributed by atoms with E-state index in [0.717, 1.165) is 0 Å². The molecule has 0 heterocycles. The fourth-order valence-electron chi connectivity index (χ4n) is 1.10. The molecule has 19 heavy (non-hydrogen) atoms. The maximum absolute atomic E-state index is 11.8. The zero-order valence-electron chi connectivity index (χ0n) is 10.4. The molecule has 0 atom stereocenters. The quantitative estimate of drug-likeness (QED) is 0.455. The van der Waals surface area contributed by atoms with Crippen LogP contribution >= 0.6 is 11.9 Å². The van der Waals surface area contributed by atoms with Gasteiger partial charge in [0.1, 0.15) is 5.75 Å². The minimum Gasteiger partial charge on any atom is -0.497 e. The van der Waals surface area contributed by atoms with Crippen LogP contribution in [0.15, 0.2) is 29.2 Å². The van der Waals surface area contributed by atoms with Gasteiger partial charge in [-0.25, -0.2) is 13.2 Å². The maximum atomic E-state index is 11.8. The van der Waals surface area contributed by atoms with Crippen LogP contribution in [0, 0.1) is 0 Å². The summed E-state index contributed by atoms with van der Waals surface area (Å²) in [7, 11) is -0.618. The van der Waals surface area contributed by atoms with Crippen molar-refractivity contribution in [3.05, 3.63) is 24.3 Å². The van der Waals surface area contributed by atoms with Crippen LogP contribution in [0.5, 0.6) is 5.75 Å². The summed E-state index contributed by atoms with van der Waals surface area (Å²) in [6.45, 7) is 0. The van der Waals surface area contributed by atoms with Gasteiger partial charge in [-0.15, -0.1) is 0 Å². The number of rotatable bonds is 6. The van der Waals surface area contributed by atoms with Crippen molar-refractivity contribution in [1.82, 2.24) is 10.3 Å². The Balaban J connectivity index is 2.62. The molecule has 1 rings (SSSR count). The van der Waals surface area contributed by atoms with Gasteiger partial charge in [0.15, 0.2) is 5.94 Å². The number of hydrogen-bond donors (Lipinski definition) is 2. The van der Waals surface area contributed by atoms with E-state index in [-0.39, 0.29) is 4.90 Å². The van der Waals surface area contributed by atoms with Crippen molar-refractivity contribution in [3.63, 3.8) is 0 Å². The molecule has 0 unspecified atom stereocenters. The molecule has 1 aromatic carbocycles. The highest BCUT2D eigenvalue weighted by Crippen LogP contribution is 2.17. The average Bonchev–Trinajstić information content (AvgIpc) is 2.43. The number of ether oxygens (including phenoxy) is 2. The van der Waals surface area contributed by atoms with Crippen molar-refractivity contribution in [2.45, 2.75) is 4.90 Å². The number of carbonyl (C=O) groups excluding carboxylic acids is 1. The van der Waals surface area contributed by atoms with E-state index >= 15 is 0 Å². The zero-order valence-corrected chi connectivity index (χ0v) is 12.0. The topological polar surface area (TPSA) is 93.7 Å². The molecule has 9 heteroatoms. The Labute approximate surface area is 115 Å². The Bertz CT molecular complexity index is 515. The average molecular weight is 306 g/mol. The van der Waals surface area contributed by atoms with Gasteiger partial charge in [-0.3, -0.25) is 5.43 Å². The molecular formula is C10H14N2O5S2. The molecule has 0 aliphatic heterocycles. The van der Waals surface area contributed by atoms with Crippen LogP contribution in [-0.4, -0.2) is 33.8 Å². The number of carbonyl (C=O) groups is 1. The summed E-state index contributed by atoms with van der Waals surface area (Å²) in [6, 6.07) is 5.82. The summed E-state index contributed by atoms with van der Waals surface area (Å²) in [6.07, 6.45) is 0. The molecule has 0 bridgehead atoms. The molecule has 0 radical (unpaired) electrons. The first-order chi connectivity index (χ1) is 8.99. The van der Waals surface area contributed by atoms with Crippen molar-refractivity contribution >= 4 is 27.1 Å². The number of methoxy groups -OCH3 is 1. The normalized spacial score (nSPS) is 11.1. The minimum absolute atomic E-state index is 0.0627. The first-order valence-corrected chi connectivity index (χ1v) is 7.58. The molecule has 1 aromatic rings. The second-order valence-electron chi connectivity index (χ2n) is 3.26. The Morgan fingerprint density at radius 1 is 1.32 bits per heavy atom. The first kappa shape index (κ1) is 15.8. The molecule has 2 N–H and O–H groups in total. The van der Waals surface area contributed by atoms with Crippen LogP contribution < -0.4 is 15.0 Å². The number of hydrogen-bond acceptors (Lipinski definition) is 8. The lowest BCUT2D eigenvalue weighted by Crippen LogP contribution is -2.23. The van der Waals surface area contributed by atoms with E-state index < -0.39 is 21.1 Å². The minimum atomic E-state index is -3.67. The third-order valence-corrected chi connectivity index (χ3v) is 4.00. The number of nitrogens with one attached hydrogen (secondary N) is 2. The number of benzene rings is 1. The Morgan fingerprint density at radius 2 is 1.95 bits per heavy atom.